The number of hydrogen-bond acceptors (Lipinski definition) is 3. The van der Waals surface area contributed by atoms with Crippen molar-refractivity contribution in [1.82, 2.24) is 10.2 Å². The lowest BCUT2D eigenvalue weighted by molar-refractivity contribution is -0.135. The molecule has 0 radical (unpaired) electrons. The van der Waals surface area contributed by atoms with Crippen molar-refractivity contribution < 1.29 is 14.3 Å². The van der Waals surface area contributed by atoms with E-state index < -0.39 is 0 Å². The van der Waals surface area contributed by atoms with Crippen molar-refractivity contribution in [3.8, 4) is 0 Å². The standard InChI is InChI=1S/C9H16N2O3/c1-14-6-3-9(13)11-5-2-4-10-8(12)7-11/h2-7H2,1H3,(H,10,12). The summed E-state index contributed by atoms with van der Waals surface area (Å²) in [6.07, 6.45) is 1.17. The van der Waals surface area contributed by atoms with Crippen LogP contribution in [0.4, 0.5) is 0 Å². The Morgan fingerprint density at radius 1 is 1.64 bits per heavy atom. The van der Waals surface area contributed by atoms with Crippen molar-refractivity contribution >= 4 is 11.8 Å². The molecule has 1 rings (SSSR count). The molecule has 1 saturated heterocycles. The zero-order chi connectivity index (χ0) is 10.4. The number of rotatable bonds is 3. The molecule has 80 valence electrons. The average molecular weight is 200 g/mol. The van der Waals surface area contributed by atoms with E-state index in [9.17, 15) is 9.59 Å². The van der Waals surface area contributed by atoms with Crippen LogP contribution in [0.5, 0.6) is 0 Å². The van der Waals surface area contributed by atoms with Crippen LogP contribution in [-0.4, -0.2) is 50.1 Å². The van der Waals surface area contributed by atoms with Crippen molar-refractivity contribution in [3.05, 3.63) is 0 Å². The van der Waals surface area contributed by atoms with Gasteiger partial charge in [-0.2, -0.15) is 0 Å². The Balaban J connectivity index is 2.40. The second kappa shape index (κ2) is 5.59. The van der Waals surface area contributed by atoms with E-state index in [0.29, 0.717) is 26.1 Å². The van der Waals surface area contributed by atoms with E-state index in [2.05, 4.69) is 5.32 Å². The normalized spacial score (nSPS) is 17.5. The van der Waals surface area contributed by atoms with Crippen LogP contribution in [0.2, 0.25) is 0 Å². The molecule has 1 aliphatic rings. The third-order valence-electron chi connectivity index (χ3n) is 2.13. The molecule has 0 unspecified atom stereocenters. The number of carbonyl (C=O) groups excluding carboxylic acids is 2. The van der Waals surface area contributed by atoms with E-state index in [0.717, 1.165) is 6.42 Å². The lowest BCUT2D eigenvalue weighted by Crippen LogP contribution is -2.37. The molecule has 1 aliphatic heterocycles. The summed E-state index contributed by atoms with van der Waals surface area (Å²) >= 11 is 0. The minimum atomic E-state index is -0.0757. The highest BCUT2D eigenvalue weighted by Gasteiger charge is 2.18. The third-order valence-corrected chi connectivity index (χ3v) is 2.13. The first-order chi connectivity index (χ1) is 6.74. The first-order valence-corrected chi connectivity index (χ1v) is 4.77. The van der Waals surface area contributed by atoms with Crippen molar-refractivity contribution in [2.24, 2.45) is 0 Å². The van der Waals surface area contributed by atoms with Gasteiger partial charge in [-0.1, -0.05) is 0 Å². The fourth-order valence-corrected chi connectivity index (χ4v) is 1.37. The van der Waals surface area contributed by atoms with Gasteiger partial charge in [0.25, 0.3) is 0 Å². The highest BCUT2D eigenvalue weighted by Crippen LogP contribution is 1.99. The number of amides is 2. The van der Waals surface area contributed by atoms with Gasteiger partial charge in [-0.3, -0.25) is 9.59 Å². The van der Waals surface area contributed by atoms with E-state index >= 15 is 0 Å². The monoisotopic (exact) mass is 200 g/mol. The largest absolute Gasteiger partial charge is 0.384 e. The highest BCUT2D eigenvalue weighted by atomic mass is 16.5. The number of nitrogens with zero attached hydrogens (tertiary/aromatic N) is 1. The quantitative estimate of drug-likeness (QED) is 0.660. The predicted octanol–water partition coefficient (Wildman–Crippen LogP) is -0.629. The molecule has 2 amide bonds. The van der Waals surface area contributed by atoms with Gasteiger partial charge in [-0.15, -0.1) is 0 Å². The Morgan fingerprint density at radius 3 is 3.14 bits per heavy atom. The van der Waals surface area contributed by atoms with Gasteiger partial charge >= 0.3 is 0 Å². The minimum Gasteiger partial charge on any atom is -0.384 e. The summed E-state index contributed by atoms with van der Waals surface area (Å²) in [5.41, 5.74) is 0. The van der Waals surface area contributed by atoms with Gasteiger partial charge in [0.05, 0.1) is 19.6 Å². The van der Waals surface area contributed by atoms with Crippen LogP contribution in [-0.2, 0) is 14.3 Å². The summed E-state index contributed by atoms with van der Waals surface area (Å²) in [6, 6.07) is 0. The van der Waals surface area contributed by atoms with Gasteiger partial charge in [0.1, 0.15) is 0 Å². The van der Waals surface area contributed by atoms with E-state index in [4.69, 9.17) is 4.74 Å². The molecule has 0 aromatic carbocycles. The summed E-state index contributed by atoms with van der Waals surface area (Å²) in [7, 11) is 1.56. The summed E-state index contributed by atoms with van der Waals surface area (Å²) in [6.45, 7) is 1.91. The molecule has 0 spiro atoms. The molecular weight excluding hydrogens is 184 g/mol. The molecule has 0 aromatic heterocycles. The van der Waals surface area contributed by atoms with Gasteiger partial charge in [-0.25, -0.2) is 0 Å². The van der Waals surface area contributed by atoms with Gasteiger partial charge < -0.3 is 15.0 Å². The van der Waals surface area contributed by atoms with Crippen molar-refractivity contribution in [1.29, 1.82) is 0 Å². The molecule has 0 saturated carbocycles. The Hall–Kier alpha value is -1.10. The first kappa shape index (κ1) is 11.0. The second-order valence-corrected chi connectivity index (χ2v) is 3.26. The lowest BCUT2D eigenvalue weighted by atomic mass is 10.3. The number of ether oxygens (including phenoxy) is 1. The van der Waals surface area contributed by atoms with Crippen LogP contribution in [0, 0.1) is 0 Å². The van der Waals surface area contributed by atoms with Crippen molar-refractivity contribution in [2.75, 3.05) is 33.4 Å². The van der Waals surface area contributed by atoms with Crippen LogP contribution >= 0.6 is 0 Å². The summed E-state index contributed by atoms with van der Waals surface area (Å²) in [4.78, 5) is 24.2. The van der Waals surface area contributed by atoms with E-state index in [1.54, 1.807) is 12.0 Å². The smallest absolute Gasteiger partial charge is 0.239 e. The fraction of sp³-hybridized carbons (Fsp3) is 0.778. The molecule has 14 heavy (non-hydrogen) atoms. The van der Waals surface area contributed by atoms with Gasteiger partial charge in [0.2, 0.25) is 11.8 Å². The molecule has 5 nitrogen and oxygen atoms in total. The van der Waals surface area contributed by atoms with Gasteiger partial charge in [0.15, 0.2) is 0 Å². The molecule has 1 N–H and O–H groups in total. The number of hydrogen-bond donors (Lipinski definition) is 1. The maximum atomic E-state index is 11.5. The van der Waals surface area contributed by atoms with E-state index in [-0.39, 0.29) is 18.4 Å². The Bertz CT molecular complexity index is 218. The zero-order valence-corrected chi connectivity index (χ0v) is 8.41. The Morgan fingerprint density at radius 2 is 2.43 bits per heavy atom. The maximum absolute atomic E-state index is 11.5. The van der Waals surface area contributed by atoms with Crippen LogP contribution < -0.4 is 5.32 Å². The van der Waals surface area contributed by atoms with E-state index in [1.165, 1.54) is 0 Å². The Kier molecular flexibility index (Phi) is 4.39. The number of nitrogens with one attached hydrogen (secondary N) is 1. The molecule has 1 heterocycles. The topological polar surface area (TPSA) is 58.6 Å². The maximum Gasteiger partial charge on any atom is 0.239 e. The molecule has 0 aromatic rings. The third kappa shape index (κ3) is 3.33. The molecule has 0 bridgehead atoms. The van der Waals surface area contributed by atoms with Crippen molar-refractivity contribution in [2.45, 2.75) is 12.8 Å². The SMILES string of the molecule is COCCC(=O)N1CCCNC(=O)C1. The number of methoxy groups -OCH3 is 1. The summed E-state index contributed by atoms with van der Waals surface area (Å²) < 4.78 is 4.81. The zero-order valence-electron chi connectivity index (χ0n) is 8.41. The van der Waals surface area contributed by atoms with Crippen LogP contribution in [0.25, 0.3) is 0 Å². The van der Waals surface area contributed by atoms with Crippen LogP contribution in [0.3, 0.4) is 0 Å². The van der Waals surface area contributed by atoms with Gasteiger partial charge in [0, 0.05) is 20.2 Å². The minimum absolute atomic E-state index is 0.0103. The molecule has 1 fully saturated rings. The predicted molar refractivity (Wildman–Crippen MR) is 50.7 cm³/mol. The Labute approximate surface area is 83.4 Å². The molecular formula is C9H16N2O3. The average Bonchev–Trinajstić information content (AvgIpc) is 2.39. The van der Waals surface area contributed by atoms with Gasteiger partial charge in [-0.05, 0) is 6.42 Å². The van der Waals surface area contributed by atoms with Crippen LogP contribution in [0.1, 0.15) is 12.8 Å². The molecule has 0 atom stereocenters. The summed E-state index contributed by atoms with van der Waals surface area (Å²) in [5, 5.41) is 2.72. The number of carbonyl (C=O) groups is 2. The summed E-state index contributed by atoms with van der Waals surface area (Å²) in [5.74, 6) is -0.0860. The van der Waals surface area contributed by atoms with E-state index in [1.807, 2.05) is 0 Å². The highest BCUT2D eigenvalue weighted by molar-refractivity contribution is 5.85. The fourth-order valence-electron chi connectivity index (χ4n) is 1.37. The second-order valence-electron chi connectivity index (χ2n) is 3.26. The van der Waals surface area contributed by atoms with Crippen molar-refractivity contribution in [3.63, 3.8) is 0 Å². The van der Waals surface area contributed by atoms with Crippen LogP contribution in [0.15, 0.2) is 0 Å². The lowest BCUT2D eigenvalue weighted by Gasteiger charge is -2.18. The first-order valence-electron chi connectivity index (χ1n) is 4.77. The molecule has 5 heteroatoms. The molecule has 0 aliphatic carbocycles.